The van der Waals surface area contributed by atoms with E-state index in [1.165, 1.54) is 12.1 Å². The maximum Gasteiger partial charge on any atom is 0.124 e. The largest absolute Gasteiger partial charge is 0.384 e. The first-order valence-electron chi connectivity index (χ1n) is 5.35. The molecule has 2 N–H and O–H groups in total. The SMILES string of the molecule is COCCNCC(C)(O)c1ccc(F)cc1Br. The standard InChI is InChI=1S/C12H17BrFNO2/c1-12(16,8-15-5-6-17-2)10-4-3-9(14)7-11(10)13/h3-4,7,15-16H,5-6,8H2,1-2H3. The Labute approximate surface area is 109 Å². The van der Waals surface area contributed by atoms with E-state index in [1.54, 1.807) is 20.1 Å². The van der Waals surface area contributed by atoms with Crippen molar-refractivity contribution >= 4 is 15.9 Å². The summed E-state index contributed by atoms with van der Waals surface area (Å²) in [5.41, 5.74) is -0.399. The van der Waals surface area contributed by atoms with Gasteiger partial charge in [-0.15, -0.1) is 0 Å². The van der Waals surface area contributed by atoms with Gasteiger partial charge in [0, 0.05) is 24.7 Å². The molecule has 5 heteroatoms. The van der Waals surface area contributed by atoms with E-state index in [4.69, 9.17) is 4.74 Å². The normalized spacial score (nSPS) is 14.6. The maximum atomic E-state index is 12.9. The molecule has 1 rings (SSSR count). The van der Waals surface area contributed by atoms with Gasteiger partial charge in [0.1, 0.15) is 11.4 Å². The zero-order chi connectivity index (χ0) is 12.9. The van der Waals surface area contributed by atoms with Gasteiger partial charge in [-0.25, -0.2) is 4.39 Å². The smallest absolute Gasteiger partial charge is 0.124 e. The van der Waals surface area contributed by atoms with Gasteiger partial charge in [0.2, 0.25) is 0 Å². The number of hydrogen-bond acceptors (Lipinski definition) is 3. The molecule has 0 saturated heterocycles. The monoisotopic (exact) mass is 305 g/mol. The average Bonchev–Trinajstić information content (AvgIpc) is 2.24. The highest BCUT2D eigenvalue weighted by Gasteiger charge is 2.25. The molecule has 0 aliphatic rings. The third-order valence-electron chi connectivity index (χ3n) is 2.46. The molecule has 3 nitrogen and oxygen atoms in total. The van der Waals surface area contributed by atoms with Gasteiger partial charge in [-0.1, -0.05) is 22.0 Å². The number of methoxy groups -OCH3 is 1. The lowest BCUT2D eigenvalue weighted by Crippen LogP contribution is -2.37. The lowest BCUT2D eigenvalue weighted by molar-refractivity contribution is 0.0542. The number of ether oxygens (including phenoxy) is 1. The predicted octanol–water partition coefficient (Wildman–Crippen LogP) is 2.03. The van der Waals surface area contributed by atoms with Crippen molar-refractivity contribution in [3.05, 3.63) is 34.1 Å². The van der Waals surface area contributed by atoms with Crippen LogP contribution in [-0.2, 0) is 10.3 Å². The second kappa shape index (κ2) is 6.44. The number of rotatable bonds is 6. The lowest BCUT2D eigenvalue weighted by Gasteiger charge is -2.25. The molecule has 1 unspecified atom stereocenters. The van der Waals surface area contributed by atoms with Gasteiger partial charge in [0.25, 0.3) is 0 Å². The number of hydrogen-bond donors (Lipinski definition) is 2. The second-order valence-electron chi connectivity index (χ2n) is 4.07. The topological polar surface area (TPSA) is 41.5 Å². The fraction of sp³-hybridized carbons (Fsp3) is 0.500. The first kappa shape index (κ1) is 14.6. The molecule has 1 aromatic carbocycles. The number of nitrogens with one attached hydrogen (secondary N) is 1. The zero-order valence-electron chi connectivity index (χ0n) is 9.96. The zero-order valence-corrected chi connectivity index (χ0v) is 11.6. The third-order valence-corrected chi connectivity index (χ3v) is 3.12. The van der Waals surface area contributed by atoms with Crippen LogP contribution in [0.4, 0.5) is 4.39 Å². The second-order valence-corrected chi connectivity index (χ2v) is 4.92. The van der Waals surface area contributed by atoms with Crippen molar-refractivity contribution in [2.24, 2.45) is 0 Å². The molecule has 17 heavy (non-hydrogen) atoms. The quantitative estimate of drug-likeness (QED) is 0.790. The molecule has 96 valence electrons. The molecule has 0 fully saturated rings. The minimum atomic E-state index is -1.06. The van der Waals surface area contributed by atoms with Crippen LogP contribution in [0.2, 0.25) is 0 Å². The van der Waals surface area contributed by atoms with Crippen molar-refractivity contribution in [2.75, 3.05) is 26.8 Å². The number of halogens is 2. The van der Waals surface area contributed by atoms with Crippen LogP contribution in [0.5, 0.6) is 0 Å². The van der Waals surface area contributed by atoms with Gasteiger partial charge in [-0.05, 0) is 24.6 Å². The molecule has 0 saturated carbocycles. The summed E-state index contributed by atoms with van der Waals surface area (Å²) in [5.74, 6) is -0.330. The van der Waals surface area contributed by atoms with E-state index in [-0.39, 0.29) is 5.82 Å². The summed E-state index contributed by atoms with van der Waals surface area (Å²) in [6, 6.07) is 4.26. The highest BCUT2D eigenvalue weighted by molar-refractivity contribution is 9.10. The summed E-state index contributed by atoms with van der Waals surface area (Å²) in [4.78, 5) is 0. The summed E-state index contributed by atoms with van der Waals surface area (Å²) < 4.78 is 18.4. The first-order chi connectivity index (χ1) is 7.97. The Hall–Kier alpha value is -0.490. The van der Waals surface area contributed by atoms with E-state index in [9.17, 15) is 9.50 Å². The minimum Gasteiger partial charge on any atom is -0.384 e. The van der Waals surface area contributed by atoms with Gasteiger partial charge in [-0.3, -0.25) is 0 Å². The molecule has 1 atom stereocenters. The van der Waals surface area contributed by atoms with Crippen LogP contribution in [0.15, 0.2) is 22.7 Å². The predicted molar refractivity (Wildman–Crippen MR) is 68.4 cm³/mol. The summed E-state index contributed by atoms with van der Waals surface area (Å²) in [6.45, 7) is 3.30. The Bertz CT molecular complexity index is 372. The number of benzene rings is 1. The van der Waals surface area contributed by atoms with Gasteiger partial charge >= 0.3 is 0 Å². The van der Waals surface area contributed by atoms with Crippen molar-refractivity contribution in [3.63, 3.8) is 0 Å². The highest BCUT2D eigenvalue weighted by Crippen LogP contribution is 2.28. The van der Waals surface area contributed by atoms with Crippen LogP contribution >= 0.6 is 15.9 Å². The molecule has 0 radical (unpaired) electrons. The molecule has 0 aromatic heterocycles. The summed E-state index contributed by atoms with van der Waals surface area (Å²) in [6.07, 6.45) is 0. The molecule has 0 amide bonds. The van der Waals surface area contributed by atoms with Crippen molar-refractivity contribution < 1.29 is 14.2 Å². The van der Waals surface area contributed by atoms with Crippen LogP contribution in [-0.4, -0.2) is 31.9 Å². The van der Waals surface area contributed by atoms with Crippen LogP contribution < -0.4 is 5.32 Å². The molecule has 0 aliphatic heterocycles. The van der Waals surface area contributed by atoms with Crippen LogP contribution in [0.25, 0.3) is 0 Å². The van der Waals surface area contributed by atoms with Crippen LogP contribution in [0.3, 0.4) is 0 Å². The highest BCUT2D eigenvalue weighted by atomic mass is 79.9. The van der Waals surface area contributed by atoms with Gasteiger partial charge in [0.15, 0.2) is 0 Å². The Morgan fingerprint density at radius 3 is 2.82 bits per heavy atom. The van der Waals surface area contributed by atoms with Gasteiger partial charge in [-0.2, -0.15) is 0 Å². The van der Waals surface area contributed by atoms with Crippen LogP contribution in [0, 0.1) is 5.82 Å². The van der Waals surface area contributed by atoms with E-state index in [2.05, 4.69) is 21.2 Å². The fourth-order valence-electron chi connectivity index (χ4n) is 1.53. The summed E-state index contributed by atoms with van der Waals surface area (Å²) in [5, 5.41) is 13.4. The van der Waals surface area contributed by atoms with Crippen molar-refractivity contribution in [3.8, 4) is 0 Å². The van der Waals surface area contributed by atoms with Gasteiger partial charge < -0.3 is 15.2 Å². The summed E-state index contributed by atoms with van der Waals surface area (Å²) in [7, 11) is 1.62. The number of aliphatic hydroxyl groups is 1. The third kappa shape index (κ3) is 4.35. The Balaban J connectivity index is 2.68. The molecule has 0 bridgehead atoms. The maximum absolute atomic E-state index is 12.9. The van der Waals surface area contributed by atoms with Crippen molar-refractivity contribution in [1.29, 1.82) is 0 Å². The average molecular weight is 306 g/mol. The van der Waals surface area contributed by atoms with Crippen molar-refractivity contribution in [2.45, 2.75) is 12.5 Å². The van der Waals surface area contributed by atoms with E-state index >= 15 is 0 Å². The van der Waals surface area contributed by atoms with E-state index in [1.807, 2.05) is 0 Å². The molecule has 1 aromatic rings. The molecule has 0 spiro atoms. The minimum absolute atomic E-state index is 0.330. The van der Waals surface area contributed by atoms with Crippen molar-refractivity contribution in [1.82, 2.24) is 5.32 Å². The Kier molecular flexibility index (Phi) is 5.52. The Morgan fingerprint density at radius 2 is 2.24 bits per heavy atom. The summed E-state index contributed by atoms with van der Waals surface area (Å²) >= 11 is 3.25. The molecular formula is C12H17BrFNO2. The fourth-order valence-corrected chi connectivity index (χ4v) is 2.31. The van der Waals surface area contributed by atoms with Crippen LogP contribution in [0.1, 0.15) is 12.5 Å². The molecule has 0 aliphatic carbocycles. The lowest BCUT2D eigenvalue weighted by atomic mass is 9.96. The van der Waals surface area contributed by atoms with E-state index in [0.29, 0.717) is 29.7 Å². The van der Waals surface area contributed by atoms with Gasteiger partial charge in [0.05, 0.1) is 6.61 Å². The van der Waals surface area contributed by atoms with E-state index < -0.39 is 5.60 Å². The molecule has 0 heterocycles. The van der Waals surface area contributed by atoms with E-state index in [0.717, 1.165) is 0 Å². The first-order valence-corrected chi connectivity index (χ1v) is 6.14. The molecular weight excluding hydrogens is 289 g/mol. The Morgan fingerprint density at radius 1 is 1.53 bits per heavy atom.